The molecule has 2 aliphatic heterocycles. The van der Waals surface area contributed by atoms with E-state index >= 15 is 0 Å². The van der Waals surface area contributed by atoms with E-state index in [0.29, 0.717) is 37.5 Å². The van der Waals surface area contributed by atoms with Gasteiger partial charge >= 0.3 is 120 Å². The maximum Gasteiger partial charge on any atom is 1.00 e. The monoisotopic (exact) mass is 1420 g/mol. The Morgan fingerprint density at radius 1 is 0.865 bits per heavy atom. The predicted octanol–water partition coefficient (Wildman–Crippen LogP) is -1.21. The van der Waals surface area contributed by atoms with Gasteiger partial charge in [0.05, 0.1) is 37.1 Å². The van der Waals surface area contributed by atoms with Crippen molar-refractivity contribution in [1.29, 1.82) is 0 Å². The standard InChI is InChI=1S/C30H46O16S2.C26H28N2.C10H15N5O3.2K/c1-14(2)9-22(32)44-25-24(46-48(39,40)41)23(45-47(36,37)38)20(13-31)43-28(25)42-17-10-18(27(34)35)19-7-8-30-11-16(15(3)26(30)33)5-6-21(30)29(19,4)12-17;1-4-11-23(12-5-1)13-10-18-27-19-21-28(22-20-27)26(24-14-6-2-7-15-24)25-16-8-3-9-17-25;11-10-13-8-7(9(18)14-10)12-5-15(8)2-1-6(3-16)4-17;;/h14,16-21,23-26,28,31,33H,3,5-13H2,1-2,4H3,(H,34,35)(H,36,37,38)(H,39,40,41);1-17,26H,18-22H2;5-6,16-17H,1-4H2,(H3,11,13,14,18);;/q;;;2*+1/p-2/b;13-10+;;;/t16-,17-,18-,19-,20-,21?,23-,24+,25-,26+,28-,29-,30-;;;;/m1..../s1. The number of aliphatic hydroxyl groups is 4. The molecule has 4 saturated carbocycles. The van der Waals surface area contributed by atoms with E-state index in [-0.39, 0.29) is 176 Å². The summed E-state index contributed by atoms with van der Waals surface area (Å²) in [6.07, 6.45) is -1.89. The molecule has 4 aliphatic carbocycles. The second-order valence-electron chi connectivity index (χ2n) is 26.2. The molecule has 8 N–H and O–H groups in total. The number of nitrogen functional groups attached to an aromatic ring is 1. The second kappa shape index (κ2) is 35.7. The summed E-state index contributed by atoms with van der Waals surface area (Å²) in [5, 5.41) is 49.9. The number of benzene rings is 3. The van der Waals surface area contributed by atoms with Gasteiger partial charge in [-0.2, -0.15) is 4.98 Å². The summed E-state index contributed by atoms with van der Waals surface area (Å²) >= 11 is 0. The third kappa shape index (κ3) is 20.0. The van der Waals surface area contributed by atoms with Gasteiger partial charge in [0.2, 0.25) is 26.7 Å². The molecule has 1 unspecified atom stereocenters. The fourth-order valence-corrected chi connectivity index (χ4v) is 16.5. The number of fused-ring (bicyclic) bond motifs is 4. The summed E-state index contributed by atoms with van der Waals surface area (Å²) in [4.78, 5) is 52.6. The SMILES string of the molecule is C(=C\c1ccccc1)/CN1CCN(C(c2ccccc2)c2ccccc2)CC1.C=C1[C@@H]2CCC3[C@@](CC[C@@H]4[C@H](C(=O)O)C[C@@H](O[C@@H]5O[C@H](CO)[C@@H](OS(=O)(=O)[O-])[C@H](OS(=O)(=O)[O-])[C@H]5OC(=O)CC(C)C)C[C@@]34C)(C2)[C@H]1O.Nc1nc(=O)c2ncn(CCC(CO)CO)c2[nH]1.[K+].[K+]. The molecule has 3 aromatic carbocycles. The molecule has 30 heteroatoms. The molecule has 4 heterocycles. The Morgan fingerprint density at radius 3 is 2.04 bits per heavy atom. The summed E-state index contributed by atoms with van der Waals surface area (Å²) in [6.45, 7) is 14.2. The van der Waals surface area contributed by atoms with E-state index in [1.165, 1.54) is 23.0 Å². The van der Waals surface area contributed by atoms with Crippen LogP contribution in [-0.2, 0) is 59.5 Å². The number of carbonyl (C=O) groups is 2. The summed E-state index contributed by atoms with van der Waals surface area (Å²) in [5.74, 6) is -3.53. The number of ether oxygens (including phenoxy) is 3. The van der Waals surface area contributed by atoms with Crippen molar-refractivity contribution in [3.8, 4) is 0 Å². The number of aryl methyl sites for hydroxylation is 1. The molecule has 26 nitrogen and oxygen atoms in total. The number of imidazole rings is 1. The number of nitrogens with one attached hydrogen (secondary N) is 1. The topological polar surface area (TPSA) is 392 Å². The van der Waals surface area contributed by atoms with Crippen LogP contribution in [0.5, 0.6) is 0 Å². The first-order valence-corrected chi connectivity index (χ1v) is 34.6. The molecule has 0 radical (unpaired) electrons. The average Bonchev–Trinajstić information content (AvgIpc) is 1.41. The number of aromatic nitrogens is 4. The van der Waals surface area contributed by atoms with Crippen molar-refractivity contribution < 1.29 is 186 Å². The summed E-state index contributed by atoms with van der Waals surface area (Å²) in [7, 11) is -11.3. The number of carboxylic acid groups (broad SMARTS) is 1. The number of carboxylic acids is 1. The summed E-state index contributed by atoms with van der Waals surface area (Å²) < 4.78 is 98.6. The van der Waals surface area contributed by atoms with Crippen molar-refractivity contribution in [2.45, 2.75) is 134 Å². The number of carbonyl (C=O) groups excluding carboxylic acids is 1. The molecule has 0 amide bonds. The number of hydrogen-bond acceptors (Lipinski definition) is 23. The normalized spacial score (nSPS) is 28.3. The first kappa shape index (κ1) is 80.2. The Labute approximate surface area is 645 Å². The Kier molecular flexibility index (Phi) is 29.8. The molecular weight excluding hydrogens is 1340 g/mol. The fourth-order valence-electron chi connectivity index (χ4n) is 15.5. The number of aliphatic carboxylic acids is 1. The van der Waals surface area contributed by atoms with Crippen molar-refractivity contribution in [3.63, 3.8) is 0 Å². The zero-order chi connectivity index (χ0) is 67.7. The number of H-pyrrole nitrogens is 1. The van der Waals surface area contributed by atoms with Crippen LogP contribution in [0.2, 0.25) is 0 Å². The Morgan fingerprint density at radius 2 is 1.47 bits per heavy atom. The number of esters is 1. The average molecular weight is 1420 g/mol. The molecular formula is C66H87K2N7O19S2. The van der Waals surface area contributed by atoms with Gasteiger partial charge < -0.3 is 64.1 Å². The van der Waals surface area contributed by atoms with Gasteiger partial charge in [-0.25, -0.2) is 21.8 Å². The van der Waals surface area contributed by atoms with Crippen molar-refractivity contribution in [3.05, 3.63) is 143 Å². The first-order valence-electron chi connectivity index (χ1n) is 31.9. The van der Waals surface area contributed by atoms with Crippen LogP contribution in [0.15, 0.2) is 120 Å². The van der Waals surface area contributed by atoms with Crippen LogP contribution in [0.25, 0.3) is 17.2 Å². The van der Waals surface area contributed by atoms with Gasteiger partial charge in [-0.1, -0.05) is 130 Å². The van der Waals surface area contributed by atoms with Crippen LogP contribution in [0.3, 0.4) is 0 Å². The zero-order valence-electron chi connectivity index (χ0n) is 55.0. The van der Waals surface area contributed by atoms with E-state index in [2.05, 4.69) is 143 Å². The van der Waals surface area contributed by atoms with Crippen LogP contribution < -0.4 is 114 Å². The van der Waals surface area contributed by atoms with E-state index in [0.717, 1.165) is 57.6 Å². The van der Waals surface area contributed by atoms with Gasteiger partial charge in [-0.3, -0.25) is 32.5 Å². The molecule has 2 aromatic heterocycles. The summed E-state index contributed by atoms with van der Waals surface area (Å²) in [5.41, 5.74) is 9.41. The predicted molar refractivity (Wildman–Crippen MR) is 342 cm³/mol. The van der Waals surface area contributed by atoms with Gasteiger partial charge in [0, 0.05) is 70.2 Å². The first-order chi connectivity index (χ1) is 44.7. The number of anilines is 1. The van der Waals surface area contributed by atoms with E-state index in [1.54, 1.807) is 18.4 Å². The second-order valence-corrected chi connectivity index (χ2v) is 28.2. The number of rotatable bonds is 22. The van der Waals surface area contributed by atoms with Gasteiger partial charge in [0.1, 0.15) is 24.0 Å². The molecule has 5 aromatic rings. The van der Waals surface area contributed by atoms with Crippen LogP contribution >= 0.6 is 0 Å². The number of nitrogens with zero attached hydrogens (tertiary/aromatic N) is 5. The third-order valence-electron chi connectivity index (χ3n) is 19.8. The minimum atomic E-state index is -5.69. The van der Waals surface area contributed by atoms with E-state index in [4.69, 9.17) is 30.2 Å². The maximum absolute atomic E-state index is 12.9. The molecule has 11 rings (SSSR count). The zero-order valence-corrected chi connectivity index (χ0v) is 62.9. The number of hydrogen-bond donors (Lipinski definition) is 7. The van der Waals surface area contributed by atoms with E-state index in [9.17, 15) is 55.6 Å². The molecule has 2 saturated heterocycles. The third-order valence-corrected chi connectivity index (χ3v) is 20.7. The van der Waals surface area contributed by atoms with Gasteiger partial charge in [-0.05, 0) is 103 Å². The quantitative estimate of drug-likeness (QED) is 0.0107. The minimum absolute atomic E-state index is 0. The smallest absolute Gasteiger partial charge is 0.726 e. The van der Waals surface area contributed by atoms with Crippen molar-refractivity contribution in [2.24, 2.45) is 46.3 Å². The Hall–Kier alpha value is -3.08. The summed E-state index contributed by atoms with van der Waals surface area (Å²) in [6, 6.07) is 32.7. The Bertz CT molecular complexity index is 3640. The van der Waals surface area contributed by atoms with E-state index in [1.807, 2.05) is 6.92 Å². The molecule has 2 bridgehead atoms. The molecule has 1 spiro atoms. The van der Waals surface area contributed by atoms with E-state index < -0.39 is 105 Å². The number of piperazine rings is 1. The van der Waals surface area contributed by atoms with Crippen LogP contribution in [0.1, 0.15) is 101 Å². The molecule has 514 valence electrons. The molecule has 13 atom stereocenters. The number of aliphatic hydroxyl groups excluding tert-OH is 4. The van der Waals surface area contributed by atoms with Crippen LogP contribution in [0, 0.1) is 46.3 Å². The Balaban J connectivity index is 0.000000227. The molecule has 96 heavy (non-hydrogen) atoms. The fraction of sp³-hybridized carbons (Fsp3) is 0.561. The van der Waals surface area contributed by atoms with Crippen molar-refractivity contribution in [1.82, 2.24) is 29.3 Å². The van der Waals surface area contributed by atoms with Crippen molar-refractivity contribution in [2.75, 3.05) is 58.3 Å². The van der Waals surface area contributed by atoms with Crippen LogP contribution in [0.4, 0.5) is 5.95 Å². The number of nitrogens with two attached hydrogens (primary N) is 1. The largest absolute Gasteiger partial charge is 1.00 e. The van der Waals surface area contributed by atoms with Gasteiger partial charge in [0.15, 0.2) is 17.9 Å². The van der Waals surface area contributed by atoms with Gasteiger partial charge in [0.25, 0.3) is 0 Å². The molecule has 6 aliphatic rings. The number of aromatic amines is 1. The van der Waals surface area contributed by atoms with Crippen LogP contribution in [-0.4, -0.2) is 188 Å². The molecule has 6 fully saturated rings. The minimum Gasteiger partial charge on any atom is -0.726 e. The van der Waals surface area contributed by atoms with Crippen molar-refractivity contribution >= 4 is 55.9 Å². The van der Waals surface area contributed by atoms with Gasteiger partial charge in [-0.15, -0.1) is 0 Å². The maximum atomic E-state index is 12.9.